The minimum absolute atomic E-state index is 0.136. The standard InChI is InChI=1S/C19H23N5OS/c1-5-7-14(20-4)12(3)21-19-23-15-10-11(2)26-17(15)16(24-19)18(25)22-13-8-6-9-13/h5,7,10,12-13H,1,4,6,8-9H2,2-3H3,(H,22,25)(H,21,23,24)/b14-7-. The minimum Gasteiger partial charge on any atom is -0.348 e. The zero-order valence-electron chi connectivity index (χ0n) is 15.1. The predicted molar refractivity (Wildman–Crippen MR) is 108 cm³/mol. The molecule has 0 aromatic carbocycles. The lowest BCUT2D eigenvalue weighted by molar-refractivity contribution is 0.0914. The molecule has 3 rings (SSSR count). The number of hydrogen-bond acceptors (Lipinski definition) is 6. The van der Waals surface area contributed by atoms with E-state index in [4.69, 9.17) is 0 Å². The Morgan fingerprint density at radius 2 is 2.23 bits per heavy atom. The Bertz CT molecular complexity index is 881. The summed E-state index contributed by atoms with van der Waals surface area (Å²) in [6.45, 7) is 11.2. The maximum Gasteiger partial charge on any atom is 0.271 e. The molecule has 0 bridgehead atoms. The fourth-order valence-corrected chi connectivity index (χ4v) is 3.73. The Morgan fingerprint density at radius 1 is 1.46 bits per heavy atom. The van der Waals surface area contributed by atoms with Crippen LogP contribution in [0.15, 0.2) is 35.5 Å². The quantitative estimate of drug-likeness (QED) is 0.574. The number of amides is 1. The number of hydrogen-bond donors (Lipinski definition) is 2. The van der Waals surface area contributed by atoms with Crippen LogP contribution in [0.2, 0.25) is 0 Å². The Balaban J connectivity index is 1.93. The van der Waals surface area contributed by atoms with Gasteiger partial charge in [-0.15, -0.1) is 11.3 Å². The highest BCUT2D eigenvalue weighted by molar-refractivity contribution is 7.19. The second-order valence-corrected chi connectivity index (χ2v) is 7.68. The number of aliphatic imine (C=N–C) groups is 1. The number of carbonyl (C=O) groups is 1. The van der Waals surface area contributed by atoms with Crippen LogP contribution in [-0.4, -0.2) is 34.7 Å². The second-order valence-electron chi connectivity index (χ2n) is 6.42. The van der Waals surface area contributed by atoms with Crippen molar-refractivity contribution >= 4 is 40.1 Å². The molecule has 0 spiro atoms. The van der Waals surface area contributed by atoms with Gasteiger partial charge in [-0.2, -0.15) is 0 Å². The van der Waals surface area contributed by atoms with Crippen molar-refractivity contribution in [2.75, 3.05) is 5.32 Å². The number of anilines is 1. The lowest BCUT2D eigenvalue weighted by atomic mass is 9.93. The molecule has 6 nitrogen and oxygen atoms in total. The SMILES string of the molecule is C=C/C=C(\N=C)C(C)Nc1nc(C(=O)NC2CCC2)c2sc(C)cc2n1. The van der Waals surface area contributed by atoms with Crippen LogP contribution >= 0.6 is 11.3 Å². The van der Waals surface area contributed by atoms with Crippen molar-refractivity contribution in [3.05, 3.63) is 41.1 Å². The third kappa shape index (κ3) is 3.83. The summed E-state index contributed by atoms with van der Waals surface area (Å²) in [6, 6.07) is 2.07. The van der Waals surface area contributed by atoms with Crippen LogP contribution in [0.1, 0.15) is 41.6 Å². The molecule has 0 radical (unpaired) electrons. The van der Waals surface area contributed by atoms with Gasteiger partial charge in [-0.1, -0.05) is 12.7 Å². The zero-order valence-corrected chi connectivity index (χ0v) is 15.9. The number of allylic oxidation sites excluding steroid dienone is 2. The highest BCUT2D eigenvalue weighted by Crippen LogP contribution is 2.28. The summed E-state index contributed by atoms with van der Waals surface area (Å²) in [5.74, 6) is 0.267. The topological polar surface area (TPSA) is 79.3 Å². The highest BCUT2D eigenvalue weighted by atomic mass is 32.1. The van der Waals surface area contributed by atoms with E-state index in [1.54, 1.807) is 12.2 Å². The predicted octanol–water partition coefficient (Wildman–Crippen LogP) is 3.85. The number of nitrogens with one attached hydrogen (secondary N) is 2. The number of nitrogens with zero attached hydrogens (tertiary/aromatic N) is 3. The van der Waals surface area contributed by atoms with Gasteiger partial charge in [0, 0.05) is 10.9 Å². The zero-order chi connectivity index (χ0) is 18.7. The normalized spacial score (nSPS) is 16.0. The first kappa shape index (κ1) is 18.3. The van der Waals surface area contributed by atoms with Gasteiger partial charge < -0.3 is 10.6 Å². The van der Waals surface area contributed by atoms with Gasteiger partial charge in [-0.05, 0) is 52.0 Å². The largest absolute Gasteiger partial charge is 0.348 e. The van der Waals surface area contributed by atoms with Crippen molar-refractivity contribution < 1.29 is 4.79 Å². The molecule has 7 heteroatoms. The van der Waals surface area contributed by atoms with Gasteiger partial charge >= 0.3 is 0 Å². The molecule has 1 aliphatic carbocycles. The third-order valence-corrected chi connectivity index (χ3v) is 5.46. The van der Waals surface area contributed by atoms with Gasteiger partial charge in [0.15, 0.2) is 5.69 Å². The smallest absolute Gasteiger partial charge is 0.271 e. The van der Waals surface area contributed by atoms with Gasteiger partial charge in [0.2, 0.25) is 5.95 Å². The Hall–Kier alpha value is -2.54. The van der Waals surface area contributed by atoms with Gasteiger partial charge in [-0.3, -0.25) is 9.79 Å². The molecule has 0 saturated heterocycles. The van der Waals surface area contributed by atoms with Crippen molar-refractivity contribution in [3.8, 4) is 0 Å². The molecule has 1 fully saturated rings. The molecule has 1 unspecified atom stereocenters. The molecule has 136 valence electrons. The molecule has 2 aromatic heterocycles. The molecule has 1 aliphatic rings. The molecular weight excluding hydrogens is 346 g/mol. The van der Waals surface area contributed by atoms with E-state index in [1.165, 1.54) is 17.8 Å². The van der Waals surface area contributed by atoms with Crippen molar-refractivity contribution in [2.45, 2.75) is 45.2 Å². The maximum absolute atomic E-state index is 12.7. The van der Waals surface area contributed by atoms with E-state index >= 15 is 0 Å². The molecule has 2 heterocycles. The fourth-order valence-electron chi connectivity index (χ4n) is 2.80. The second kappa shape index (κ2) is 7.78. The summed E-state index contributed by atoms with van der Waals surface area (Å²) in [5, 5.41) is 6.27. The molecule has 0 aliphatic heterocycles. The minimum atomic E-state index is -0.162. The van der Waals surface area contributed by atoms with Crippen molar-refractivity contribution in [1.82, 2.24) is 15.3 Å². The van der Waals surface area contributed by atoms with E-state index in [0.717, 1.165) is 33.6 Å². The summed E-state index contributed by atoms with van der Waals surface area (Å²) >= 11 is 1.54. The van der Waals surface area contributed by atoms with Crippen molar-refractivity contribution in [3.63, 3.8) is 0 Å². The van der Waals surface area contributed by atoms with Crippen LogP contribution in [0, 0.1) is 6.92 Å². The lowest BCUT2D eigenvalue weighted by Crippen LogP contribution is -2.40. The summed E-state index contributed by atoms with van der Waals surface area (Å²) in [5.41, 5.74) is 1.93. The van der Waals surface area contributed by atoms with Crippen LogP contribution in [-0.2, 0) is 0 Å². The molecule has 26 heavy (non-hydrogen) atoms. The highest BCUT2D eigenvalue weighted by Gasteiger charge is 2.24. The number of aryl methyl sites for hydroxylation is 1. The fraction of sp³-hybridized carbons (Fsp3) is 0.368. The van der Waals surface area contributed by atoms with E-state index in [9.17, 15) is 4.79 Å². The average molecular weight is 369 g/mol. The van der Waals surface area contributed by atoms with Crippen LogP contribution in [0.4, 0.5) is 5.95 Å². The lowest BCUT2D eigenvalue weighted by Gasteiger charge is -2.26. The summed E-state index contributed by atoms with van der Waals surface area (Å²) < 4.78 is 0.821. The molecule has 1 saturated carbocycles. The number of aromatic nitrogens is 2. The monoisotopic (exact) mass is 369 g/mol. The summed E-state index contributed by atoms with van der Waals surface area (Å²) in [4.78, 5) is 26.9. The molecule has 1 atom stereocenters. The van der Waals surface area contributed by atoms with E-state index in [-0.39, 0.29) is 18.0 Å². The molecule has 1 amide bonds. The van der Waals surface area contributed by atoms with E-state index in [0.29, 0.717) is 11.6 Å². The van der Waals surface area contributed by atoms with Crippen molar-refractivity contribution in [2.24, 2.45) is 4.99 Å². The summed E-state index contributed by atoms with van der Waals surface area (Å²) in [7, 11) is 0. The van der Waals surface area contributed by atoms with Gasteiger partial charge in [0.1, 0.15) is 0 Å². The molecule has 2 aromatic rings. The number of carbonyl (C=O) groups excluding carboxylic acids is 1. The van der Waals surface area contributed by atoms with Crippen LogP contribution < -0.4 is 10.6 Å². The Kier molecular flexibility index (Phi) is 5.46. The first-order valence-electron chi connectivity index (χ1n) is 8.66. The van der Waals surface area contributed by atoms with Crippen LogP contribution in [0.5, 0.6) is 0 Å². The number of rotatable bonds is 7. The molecule has 2 N–H and O–H groups in total. The number of thiophene rings is 1. The third-order valence-electron chi connectivity index (χ3n) is 4.41. The van der Waals surface area contributed by atoms with E-state index < -0.39 is 0 Å². The van der Waals surface area contributed by atoms with Gasteiger partial charge in [-0.25, -0.2) is 9.97 Å². The van der Waals surface area contributed by atoms with Gasteiger partial charge in [0.05, 0.1) is 22.0 Å². The van der Waals surface area contributed by atoms with E-state index in [2.05, 4.69) is 38.9 Å². The molecular formula is C19H23N5OS. The van der Waals surface area contributed by atoms with E-state index in [1.807, 2.05) is 19.9 Å². The van der Waals surface area contributed by atoms with Gasteiger partial charge in [0.25, 0.3) is 5.91 Å². The van der Waals surface area contributed by atoms with Crippen LogP contribution in [0.3, 0.4) is 0 Å². The first-order valence-corrected chi connectivity index (χ1v) is 9.48. The van der Waals surface area contributed by atoms with Crippen LogP contribution in [0.25, 0.3) is 10.2 Å². The maximum atomic E-state index is 12.7. The summed E-state index contributed by atoms with van der Waals surface area (Å²) in [6.07, 6.45) is 6.67. The Morgan fingerprint density at radius 3 is 2.85 bits per heavy atom. The number of fused-ring (bicyclic) bond motifs is 1. The first-order chi connectivity index (χ1) is 12.5. The average Bonchev–Trinajstić information content (AvgIpc) is 2.94. The van der Waals surface area contributed by atoms with Crippen molar-refractivity contribution in [1.29, 1.82) is 0 Å². The Labute approximate surface area is 157 Å².